The first-order valence-corrected chi connectivity index (χ1v) is 11.2. The second kappa shape index (κ2) is 10.4. The van der Waals surface area contributed by atoms with Gasteiger partial charge in [-0.2, -0.15) is 0 Å². The minimum absolute atomic E-state index is 0.275. The first-order chi connectivity index (χ1) is 14.5. The normalized spacial score (nSPS) is 14.2. The Morgan fingerprint density at radius 3 is 1.94 bits per heavy atom. The molecule has 1 rings (SSSR count). The van der Waals surface area contributed by atoms with Crippen LogP contribution in [0.5, 0.6) is 0 Å². The maximum Gasteiger partial charge on any atom is 0.408 e. The van der Waals surface area contributed by atoms with Crippen LogP contribution in [0.4, 0.5) is 4.79 Å². The van der Waals surface area contributed by atoms with Gasteiger partial charge in [-0.1, -0.05) is 37.3 Å². The average Bonchev–Trinajstić information content (AvgIpc) is 2.62. The molecule has 2 unspecified atom stereocenters. The third kappa shape index (κ3) is 8.17. The standard InChI is InChI=1S/C25H41N3O4/c1-11-25(9,10)28(21(30)17(2)26-22(31)32-24(6,7)8)19(18-15-13-12-14-16-18)20(29)27-23(3,4)5/h12-17,19H,11H2,1-10H3,(H,26,31)(H,27,29). The molecule has 2 N–H and O–H groups in total. The summed E-state index contributed by atoms with van der Waals surface area (Å²) < 4.78 is 5.31. The van der Waals surface area contributed by atoms with Crippen LogP contribution in [-0.2, 0) is 14.3 Å². The molecule has 0 aliphatic rings. The molecule has 0 radical (unpaired) electrons. The fourth-order valence-corrected chi connectivity index (χ4v) is 3.19. The summed E-state index contributed by atoms with van der Waals surface area (Å²) in [6.07, 6.45) is -0.0627. The molecule has 0 heterocycles. The van der Waals surface area contributed by atoms with Gasteiger partial charge >= 0.3 is 6.09 Å². The minimum Gasteiger partial charge on any atom is -0.444 e. The lowest BCUT2D eigenvalue weighted by atomic mass is 9.91. The van der Waals surface area contributed by atoms with Crippen molar-refractivity contribution < 1.29 is 19.1 Å². The van der Waals surface area contributed by atoms with Crippen molar-refractivity contribution in [1.82, 2.24) is 15.5 Å². The van der Waals surface area contributed by atoms with Crippen LogP contribution in [0.1, 0.15) is 87.3 Å². The number of ether oxygens (including phenoxy) is 1. The van der Waals surface area contributed by atoms with Gasteiger partial charge in [-0.3, -0.25) is 9.59 Å². The van der Waals surface area contributed by atoms with Gasteiger partial charge in [-0.25, -0.2) is 4.79 Å². The number of nitrogens with one attached hydrogen (secondary N) is 2. The van der Waals surface area contributed by atoms with Crippen molar-refractivity contribution in [3.05, 3.63) is 35.9 Å². The van der Waals surface area contributed by atoms with E-state index in [1.54, 1.807) is 32.6 Å². The van der Waals surface area contributed by atoms with Gasteiger partial charge in [0.15, 0.2) is 0 Å². The Bertz CT molecular complexity index is 792. The van der Waals surface area contributed by atoms with E-state index in [-0.39, 0.29) is 11.8 Å². The number of carbonyl (C=O) groups excluding carboxylic acids is 3. The van der Waals surface area contributed by atoms with Crippen molar-refractivity contribution >= 4 is 17.9 Å². The predicted molar refractivity (Wildman–Crippen MR) is 127 cm³/mol. The quantitative estimate of drug-likeness (QED) is 0.641. The molecule has 2 atom stereocenters. The smallest absolute Gasteiger partial charge is 0.408 e. The highest BCUT2D eigenvalue weighted by atomic mass is 16.6. The van der Waals surface area contributed by atoms with Crippen LogP contribution >= 0.6 is 0 Å². The van der Waals surface area contributed by atoms with E-state index in [2.05, 4.69) is 10.6 Å². The third-order valence-electron chi connectivity index (χ3n) is 4.98. The molecule has 0 aliphatic carbocycles. The van der Waals surface area contributed by atoms with Crippen molar-refractivity contribution in [3.8, 4) is 0 Å². The Hall–Kier alpha value is -2.57. The number of benzene rings is 1. The van der Waals surface area contributed by atoms with E-state index < -0.39 is 34.9 Å². The molecule has 180 valence electrons. The first-order valence-electron chi connectivity index (χ1n) is 11.2. The number of carbonyl (C=O) groups is 3. The van der Waals surface area contributed by atoms with Crippen molar-refractivity contribution in [2.24, 2.45) is 0 Å². The van der Waals surface area contributed by atoms with Crippen LogP contribution in [0.2, 0.25) is 0 Å². The number of nitrogens with zero attached hydrogens (tertiary/aromatic N) is 1. The monoisotopic (exact) mass is 447 g/mol. The number of rotatable bonds is 7. The number of hydrogen-bond acceptors (Lipinski definition) is 4. The molecular weight excluding hydrogens is 406 g/mol. The molecule has 0 bridgehead atoms. The summed E-state index contributed by atoms with van der Waals surface area (Å²) >= 11 is 0. The second-order valence-electron chi connectivity index (χ2n) is 10.8. The molecule has 0 saturated heterocycles. The van der Waals surface area contributed by atoms with Crippen LogP contribution in [0, 0.1) is 0 Å². The van der Waals surface area contributed by atoms with E-state index in [9.17, 15) is 14.4 Å². The maximum absolute atomic E-state index is 13.7. The predicted octanol–water partition coefficient (Wildman–Crippen LogP) is 4.57. The topological polar surface area (TPSA) is 87.7 Å². The van der Waals surface area contributed by atoms with Crippen LogP contribution in [-0.4, -0.2) is 45.5 Å². The molecule has 0 saturated carbocycles. The molecule has 7 heteroatoms. The van der Waals surface area contributed by atoms with Crippen molar-refractivity contribution in [2.75, 3.05) is 0 Å². The molecule has 7 nitrogen and oxygen atoms in total. The van der Waals surface area contributed by atoms with E-state index in [0.29, 0.717) is 12.0 Å². The lowest BCUT2D eigenvalue weighted by Gasteiger charge is -2.44. The number of alkyl carbamates (subject to hydrolysis) is 1. The van der Waals surface area contributed by atoms with E-state index in [0.717, 1.165) is 0 Å². The van der Waals surface area contributed by atoms with Gasteiger partial charge in [0.1, 0.15) is 17.7 Å². The third-order valence-corrected chi connectivity index (χ3v) is 4.98. The highest BCUT2D eigenvalue weighted by Crippen LogP contribution is 2.32. The summed E-state index contributed by atoms with van der Waals surface area (Å²) in [6.45, 7) is 18.4. The Labute approximate surface area is 193 Å². The van der Waals surface area contributed by atoms with Crippen molar-refractivity contribution in [1.29, 1.82) is 0 Å². The van der Waals surface area contributed by atoms with E-state index >= 15 is 0 Å². The highest BCUT2D eigenvalue weighted by Gasteiger charge is 2.42. The van der Waals surface area contributed by atoms with Gasteiger partial charge in [0.05, 0.1) is 0 Å². The van der Waals surface area contributed by atoms with Crippen molar-refractivity contribution in [3.63, 3.8) is 0 Å². The summed E-state index contributed by atoms with van der Waals surface area (Å²) in [5.41, 5.74) is -1.12. The number of hydrogen-bond donors (Lipinski definition) is 2. The molecule has 0 aromatic heterocycles. The zero-order valence-electron chi connectivity index (χ0n) is 21.3. The Morgan fingerprint density at radius 2 is 1.50 bits per heavy atom. The maximum atomic E-state index is 13.7. The zero-order valence-corrected chi connectivity index (χ0v) is 21.3. The second-order valence-corrected chi connectivity index (χ2v) is 10.8. The van der Waals surface area contributed by atoms with Gasteiger partial charge in [-0.15, -0.1) is 0 Å². The summed E-state index contributed by atoms with van der Waals surface area (Å²) in [7, 11) is 0. The first kappa shape index (κ1) is 27.5. The summed E-state index contributed by atoms with van der Waals surface area (Å²) in [5.74, 6) is -0.635. The molecule has 1 aromatic rings. The SMILES string of the molecule is CCC(C)(C)N(C(=O)C(C)NC(=O)OC(C)(C)C)C(C(=O)NC(C)(C)C)c1ccccc1. The zero-order chi connectivity index (χ0) is 24.9. The van der Waals surface area contributed by atoms with Gasteiger partial charge in [0, 0.05) is 11.1 Å². The van der Waals surface area contributed by atoms with Gasteiger partial charge < -0.3 is 20.3 Å². The van der Waals surface area contributed by atoms with Gasteiger partial charge in [0.25, 0.3) is 0 Å². The largest absolute Gasteiger partial charge is 0.444 e. The van der Waals surface area contributed by atoms with Crippen LogP contribution in [0.15, 0.2) is 30.3 Å². The Balaban J connectivity index is 3.42. The summed E-state index contributed by atoms with van der Waals surface area (Å²) in [6, 6.07) is 7.49. The van der Waals surface area contributed by atoms with Gasteiger partial charge in [0.2, 0.25) is 11.8 Å². The average molecular weight is 448 g/mol. The Morgan fingerprint density at radius 1 is 0.969 bits per heavy atom. The lowest BCUT2D eigenvalue weighted by molar-refractivity contribution is -0.149. The van der Waals surface area contributed by atoms with Crippen LogP contribution in [0.3, 0.4) is 0 Å². The van der Waals surface area contributed by atoms with Gasteiger partial charge in [-0.05, 0) is 74.3 Å². The molecule has 3 amide bonds. The van der Waals surface area contributed by atoms with Crippen LogP contribution in [0.25, 0.3) is 0 Å². The summed E-state index contributed by atoms with van der Waals surface area (Å²) in [4.78, 5) is 41.1. The molecular formula is C25H41N3O4. The fourth-order valence-electron chi connectivity index (χ4n) is 3.19. The fraction of sp³-hybridized carbons (Fsp3) is 0.640. The summed E-state index contributed by atoms with van der Waals surface area (Å²) in [5, 5.41) is 5.64. The van der Waals surface area contributed by atoms with E-state index in [1.165, 1.54) is 0 Å². The molecule has 0 aliphatic heterocycles. The molecule has 0 fully saturated rings. The lowest BCUT2D eigenvalue weighted by Crippen LogP contribution is -2.59. The minimum atomic E-state index is -0.885. The van der Waals surface area contributed by atoms with E-state index in [4.69, 9.17) is 4.74 Å². The molecule has 1 aromatic carbocycles. The Kier molecular flexibility index (Phi) is 8.90. The van der Waals surface area contributed by atoms with Crippen molar-refractivity contribution in [2.45, 2.75) is 104 Å². The molecule has 0 spiro atoms. The van der Waals surface area contributed by atoms with Crippen LogP contribution < -0.4 is 10.6 Å². The van der Waals surface area contributed by atoms with E-state index in [1.807, 2.05) is 71.9 Å². The highest BCUT2D eigenvalue weighted by molar-refractivity contribution is 5.92. The molecule has 32 heavy (non-hydrogen) atoms. The number of amides is 3.